The van der Waals surface area contributed by atoms with E-state index in [9.17, 15) is 4.79 Å². The normalized spacial score (nSPS) is 11.7. The van der Waals surface area contributed by atoms with Crippen molar-refractivity contribution in [1.82, 2.24) is 20.2 Å². The molecule has 0 radical (unpaired) electrons. The third kappa shape index (κ3) is 3.38. The van der Waals surface area contributed by atoms with Crippen molar-refractivity contribution >= 4 is 6.09 Å². The Labute approximate surface area is 120 Å². The van der Waals surface area contributed by atoms with E-state index in [0.29, 0.717) is 11.5 Å². The zero-order valence-electron chi connectivity index (χ0n) is 11.6. The summed E-state index contributed by atoms with van der Waals surface area (Å²) in [7, 11) is 3.08. The van der Waals surface area contributed by atoms with E-state index in [1.165, 1.54) is 18.2 Å². The van der Waals surface area contributed by atoms with Gasteiger partial charge in [-0.2, -0.15) is 4.80 Å². The summed E-state index contributed by atoms with van der Waals surface area (Å²) >= 11 is 0. The zero-order valence-corrected chi connectivity index (χ0v) is 11.6. The first-order valence-electron chi connectivity index (χ1n) is 6.02. The van der Waals surface area contributed by atoms with Crippen LogP contribution in [-0.2, 0) is 4.74 Å². The third-order valence-electron chi connectivity index (χ3n) is 2.82. The van der Waals surface area contributed by atoms with Gasteiger partial charge in [0.25, 0.3) is 0 Å². The number of tetrazole rings is 1. The van der Waals surface area contributed by atoms with E-state index in [0.717, 1.165) is 5.56 Å². The SMILES string of the molecule is COc1ccc(C(COC(N)=O)n2ncnn2)cc1OC. The first kappa shape index (κ1) is 14.6. The predicted octanol–water partition coefficient (Wildman–Crippen LogP) is 0.375. The number of amides is 1. The maximum atomic E-state index is 10.8. The molecule has 2 rings (SSSR count). The molecule has 0 aliphatic carbocycles. The largest absolute Gasteiger partial charge is 0.493 e. The molecule has 0 saturated carbocycles. The molecule has 2 aromatic rings. The van der Waals surface area contributed by atoms with Crippen molar-refractivity contribution in [2.45, 2.75) is 6.04 Å². The lowest BCUT2D eigenvalue weighted by Gasteiger charge is -2.17. The number of ether oxygens (including phenoxy) is 3. The number of aromatic nitrogens is 4. The highest BCUT2D eigenvalue weighted by Gasteiger charge is 2.19. The van der Waals surface area contributed by atoms with Gasteiger partial charge in [0, 0.05) is 0 Å². The van der Waals surface area contributed by atoms with Gasteiger partial charge < -0.3 is 19.9 Å². The fourth-order valence-corrected chi connectivity index (χ4v) is 1.84. The van der Waals surface area contributed by atoms with Crippen LogP contribution in [0.25, 0.3) is 0 Å². The Kier molecular flexibility index (Phi) is 4.54. The fourth-order valence-electron chi connectivity index (χ4n) is 1.84. The highest BCUT2D eigenvalue weighted by molar-refractivity contribution is 5.64. The van der Waals surface area contributed by atoms with Gasteiger partial charge in [-0.1, -0.05) is 6.07 Å². The number of benzene rings is 1. The second-order valence-corrected chi connectivity index (χ2v) is 4.02. The summed E-state index contributed by atoms with van der Waals surface area (Å²) in [6.45, 7) is -0.0266. The van der Waals surface area contributed by atoms with Crippen molar-refractivity contribution in [3.05, 3.63) is 30.1 Å². The Morgan fingerprint density at radius 3 is 2.67 bits per heavy atom. The number of carbonyl (C=O) groups excluding carboxylic acids is 1. The van der Waals surface area contributed by atoms with E-state index >= 15 is 0 Å². The summed E-state index contributed by atoms with van der Waals surface area (Å²) in [4.78, 5) is 12.1. The molecule has 21 heavy (non-hydrogen) atoms. The van der Waals surface area contributed by atoms with Crippen LogP contribution in [0.15, 0.2) is 24.5 Å². The van der Waals surface area contributed by atoms with Crippen molar-refractivity contribution in [3.63, 3.8) is 0 Å². The van der Waals surface area contributed by atoms with Gasteiger partial charge in [-0.05, 0) is 22.9 Å². The minimum absolute atomic E-state index is 0.0266. The van der Waals surface area contributed by atoms with Gasteiger partial charge in [-0.25, -0.2) is 4.79 Å². The first-order valence-corrected chi connectivity index (χ1v) is 6.02. The van der Waals surface area contributed by atoms with Crippen molar-refractivity contribution in [1.29, 1.82) is 0 Å². The highest BCUT2D eigenvalue weighted by atomic mass is 16.5. The molecule has 0 aliphatic rings. The molecule has 112 valence electrons. The van der Waals surface area contributed by atoms with Crippen LogP contribution < -0.4 is 15.2 Å². The minimum Gasteiger partial charge on any atom is -0.493 e. The van der Waals surface area contributed by atoms with Gasteiger partial charge in [0.1, 0.15) is 12.6 Å². The van der Waals surface area contributed by atoms with Gasteiger partial charge in [-0.3, -0.25) is 0 Å². The standard InChI is InChI=1S/C12H15N5O4/c1-19-10-4-3-8(5-11(10)20-2)9(6-21-12(13)18)17-15-7-14-16-17/h3-5,7,9H,6H2,1-2H3,(H2,13,18). The van der Waals surface area contributed by atoms with Crippen LogP contribution in [0.5, 0.6) is 11.5 Å². The molecule has 9 heteroatoms. The molecule has 1 heterocycles. The van der Waals surface area contributed by atoms with Crippen LogP contribution in [-0.4, -0.2) is 47.1 Å². The van der Waals surface area contributed by atoms with E-state index in [-0.39, 0.29) is 6.61 Å². The van der Waals surface area contributed by atoms with Gasteiger partial charge in [0.2, 0.25) is 0 Å². The molecule has 1 atom stereocenters. The summed E-state index contributed by atoms with van der Waals surface area (Å²) in [5.74, 6) is 1.13. The molecular weight excluding hydrogens is 278 g/mol. The van der Waals surface area contributed by atoms with Crippen molar-refractivity contribution < 1.29 is 19.0 Å². The fraction of sp³-hybridized carbons (Fsp3) is 0.333. The maximum Gasteiger partial charge on any atom is 0.404 e. The van der Waals surface area contributed by atoms with Crippen molar-refractivity contribution in [3.8, 4) is 11.5 Å². The minimum atomic E-state index is -0.874. The number of nitrogens with two attached hydrogens (primary N) is 1. The molecule has 1 amide bonds. The molecule has 1 aromatic heterocycles. The van der Waals surface area contributed by atoms with Gasteiger partial charge in [-0.15, -0.1) is 10.2 Å². The lowest BCUT2D eigenvalue weighted by atomic mass is 10.1. The van der Waals surface area contributed by atoms with Gasteiger partial charge in [0.15, 0.2) is 17.8 Å². The Balaban J connectivity index is 2.34. The third-order valence-corrected chi connectivity index (χ3v) is 2.82. The molecule has 0 saturated heterocycles. The number of primary amides is 1. The smallest absolute Gasteiger partial charge is 0.404 e. The number of carbonyl (C=O) groups is 1. The summed E-state index contributed by atoms with van der Waals surface area (Å²) in [5.41, 5.74) is 5.76. The van der Waals surface area contributed by atoms with Crippen LogP contribution in [0, 0.1) is 0 Å². The van der Waals surface area contributed by atoms with Crippen molar-refractivity contribution in [2.24, 2.45) is 5.73 Å². The predicted molar refractivity (Wildman–Crippen MR) is 71.0 cm³/mol. The molecule has 0 fully saturated rings. The molecule has 0 spiro atoms. The number of nitrogens with zero attached hydrogens (tertiary/aromatic N) is 4. The summed E-state index contributed by atoms with van der Waals surface area (Å²) < 4.78 is 15.3. The topological polar surface area (TPSA) is 114 Å². The van der Waals surface area contributed by atoms with E-state index in [1.807, 2.05) is 0 Å². The van der Waals surface area contributed by atoms with Crippen LogP contribution >= 0.6 is 0 Å². The average molecular weight is 293 g/mol. The monoisotopic (exact) mass is 293 g/mol. The molecule has 9 nitrogen and oxygen atoms in total. The molecule has 2 N–H and O–H groups in total. The van der Waals surface area contributed by atoms with Crippen LogP contribution in [0.3, 0.4) is 0 Å². The molecule has 0 aliphatic heterocycles. The van der Waals surface area contributed by atoms with Gasteiger partial charge >= 0.3 is 6.09 Å². The highest BCUT2D eigenvalue weighted by Crippen LogP contribution is 2.30. The summed E-state index contributed by atoms with van der Waals surface area (Å²) in [6.07, 6.45) is 0.415. The summed E-state index contributed by atoms with van der Waals surface area (Å²) in [5, 5.41) is 11.4. The number of hydrogen-bond donors (Lipinski definition) is 1. The second-order valence-electron chi connectivity index (χ2n) is 4.02. The molecular formula is C12H15N5O4. The van der Waals surface area contributed by atoms with Gasteiger partial charge in [0.05, 0.1) is 14.2 Å². The van der Waals surface area contributed by atoms with Crippen LogP contribution in [0.1, 0.15) is 11.6 Å². The van der Waals surface area contributed by atoms with E-state index < -0.39 is 12.1 Å². The average Bonchev–Trinajstić information content (AvgIpc) is 3.01. The van der Waals surface area contributed by atoms with Crippen LogP contribution in [0.2, 0.25) is 0 Å². The Hall–Kier alpha value is -2.84. The number of hydrogen-bond acceptors (Lipinski definition) is 7. The molecule has 1 unspecified atom stereocenters. The van der Waals surface area contributed by atoms with E-state index in [4.69, 9.17) is 19.9 Å². The number of methoxy groups -OCH3 is 2. The van der Waals surface area contributed by atoms with Crippen molar-refractivity contribution in [2.75, 3.05) is 20.8 Å². The number of rotatable bonds is 6. The second kappa shape index (κ2) is 6.55. The van der Waals surface area contributed by atoms with Crippen LogP contribution in [0.4, 0.5) is 4.79 Å². The Morgan fingerprint density at radius 2 is 2.10 bits per heavy atom. The molecule has 1 aromatic carbocycles. The first-order chi connectivity index (χ1) is 10.2. The lowest BCUT2D eigenvalue weighted by molar-refractivity contribution is 0.139. The summed E-state index contributed by atoms with van der Waals surface area (Å²) in [6, 6.07) is 4.80. The lowest BCUT2D eigenvalue weighted by Crippen LogP contribution is -2.24. The quantitative estimate of drug-likeness (QED) is 0.818. The van der Waals surface area contributed by atoms with E-state index in [1.54, 1.807) is 25.3 Å². The van der Waals surface area contributed by atoms with E-state index in [2.05, 4.69) is 15.4 Å². The maximum absolute atomic E-state index is 10.8. The zero-order chi connectivity index (χ0) is 15.2. The molecule has 0 bridgehead atoms. The Bertz CT molecular complexity index is 602. The Morgan fingerprint density at radius 1 is 1.33 bits per heavy atom.